The molecule has 1 atom stereocenters. The summed E-state index contributed by atoms with van der Waals surface area (Å²) in [5.41, 5.74) is 6.60. The van der Waals surface area contributed by atoms with E-state index in [1.54, 1.807) is 12.1 Å². The molecule has 1 fully saturated rings. The van der Waals surface area contributed by atoms with Gasteiger partial charge in [-0.05, 0) is 36.9 Å². The van der Waals surface area contributed by atoms with Crippen LogP contribution in [0, 0.1) is 5.92 Å². The van der Waals surface area contributed by atoms with Gasteiger partial charge in [-0.3, -0.25) is 0 Å². The number of rotatable bonds is 6. The second kappa shape index (κ2) is 5.56. The van der Waals surface area contributed by atoms with Crippen LogP contribution in [0.4, 0.5) is 8.78 Å². The normalized spacial score (nSPS) is 17.4. The van der Waals surface area contributed by atoms with Crippen LogP contribution in [0.3, 0.4) is 0 Å². The van der Waals surface area contributed by atoms with Crippen molar-refractivity contribution < 1.29 is 8.78 Å². The zero-order valence-corrected chi connectivity index (χ0v) is 9.70. The van der Waals surface area contributed by atoms with Gasteiger partial charge in [0, 0.05) is 18.2 Å². The summed E-state index contributed by atoms with van der Waals surface area (Å²) in [6.45, 7) is 1.36. The molecule has 0 aromatic heterocycles. The van der Waals surface area contributed by atoms with E-state index in [4.69, 9.17) is 5.73 Å². The van der Waals surface area contributed by atoms with Crippen LogP contribution in [-0.2, 0) is 0 Å². The lowest BCUT2D eigenvalue weighted by Gasteiger charge is -2.18. The lowest BCUT2D eigenvalue weighted by molar-refractivity contribution is 0.151. The molecule has 0 radical (unpaired) electrons. The summed E-state index contributed by atoms with van der Waals surface area (Å²) in [6, 6.07) is 6.49. The molecule has 17 heavy (non-hydrogen) atoms. The summed E-state index contributed by atoms with van der Waals surface area (Å²) in [5.74, 6) is 0.752. The Morgan fingerprint density at radius 2 is 2.00 bits per heavy atom. The highest BCUT2D eigenvalue weighted by Crippen LogP contribution is 2.29. The minimum Gasteiger partial charge on any atom is -0.329 e. The Morgan fingerprint density at radius 3 is 2.59 bits per heavy atom. The predicted molar refractivity (Wildman–Crippen MR) is 63.9 cm³/mol. The number of benzene rings is 1. The molecule has 2 rings (SSSR count). The zero-order valence-electron chi connectivity index (χ0n) is 9.70. The number of nitrogens with one attached hydrogen (secondary N) is 1. The van der Waals surface area contributed by atoms with Gasteiger partial charge in [0.2, 0.25) is 0 Å². The second-order valence-electron chi connectivity index (χ2n) is 4.61. The molecule has 1 unspecified atom stereocenters. The third-order valence-electron chi connectivity index (χ3n) is 3.15. The Hall–Kier alpha value is -1.00. The van der Waals surface area contributed by atoms with Crippen LogP contribution < -0.4 is 11.1 Å². The van der Waals surface area contributed by atoms with E-state index in [1.807, 2.05) is 6.07 Å². The van der Waals surface area contributed by atoms with Crippen molar-refractivity contribution in [2.24, 2.45) is 11.7 Å². The SMILES string of the molecule is NCC(NCC1CC1)c1cccc(C(F)F)c1. The molecular weight excluding hydrogens is 222 g/mol. The molecule has 1 aliphatic rings. The molecule has 0 aliphatic heterocycles. The maximum atomic E-state index is 12.6. The van der Waals surface area contributed by atoms with Crippen molar-refractivity contribution in [2.75, 3.05) is 13.1 Å². The topological polar surface area (TPSA) is 38.0 Å². The van der Waals surface area contributed by atoms with Gasteiger partial charge in [0.05, 0.1) is 0 Å². The van der Waals surface area contributed by atoms with Gasteiger partial charge in [-0.25, -0.2) is 8.78 Å². The molecule has 4 heteroatoms. The molecular formula is C13H18F2N2. The van der Waals surface area contributed by atoms with Gasteiger partial charge in [-0.15, -0.1) is 0 Å². The number of nitrogens with two attached hydrogens (primary N) is 1. The highest BCUT2D eigenvalue weighted by atomic mass is 19.3. The van der Waals surface area contributed by atoms with Crippen molar-refractivity contribution in [1.82, 2.24) is 5.32 Å². The molecule has 0 amide bonds. The third-order valence-corrected chi connectivity index (χ3v) is 3.15. The Morgan fingerprint density at radius 1 is 1.29 bits per heavy atom. The fourth-order valence-corrected chi connectivity index (χ4v) is 1.88. The van der Waals surface area contributed by atoms with Crippen molar-refractivity contribution in [3.05, 3.63) is 35.4 Å². The lowest BCUT2D eigenvalue weighted by Crippen LogP contribution is -2.29. The van der Waals surface area contributed by atoms with Crippen molar-refractivity contribution in [3.8, 4) is 0 Å². The van der Waals surface area contributed by atoms with Gasteiger partial charge >= 0.3 is 0 Å². The molecule has 2 nitrogen and oxygen atoms in total. The summed E-state index contributed by atoms with van der Waals surface area (Å²) in [7, 11) is 0. The van der Waals surface area contributed by atoms with Crippen LogP contribution in [0.25, 0.3) is 0 Å². The van der Waals surface area contributed by atoms with Gasteiger partial charge < -0.3 is 11.1 Å². The lowest BCUT2D eigenvalue weighted by atomic mass is 10.0. The quantitative estimate of drug-likeness (QED) is 0.802. The van der Waals surface area contributed by atoms with E-state index in [0.29, 0.717) is 6.54 Å². The first-order valence-corrected chi connectivity index (χ1v) is 6.02. The van der Waals surface area contributed by atoms with E-state index in [9.17, 15) is 8.78 Å². The molecule has 0 bridgehead atoms. The van der Waals surface area contributed by atoms with Gasteiger partial charge in [0.1, 0.15) is 0 Å². The van der Waals surface area contributed by atoms with E-state index >= 15 is 0 Å². The van der Waals surface area contributed by atoms with E-state index in [-0.39, 0.29) is 11.6 Å². The maximum absolute atomic E-state index is 12.6. The fourth-order valence-electron chi connectivity index (χ4n) is 1.88. The molecule has 3 N–H and O–H groups in total. The fraction of sp³-hybridized carbons (Fsp3) is 0.538. The number of alkyl halides is 2. The first kappa shape index (κ1) is 12.5. The largest absolute Gasteiger partial charge is 0.329 e. The van der Waals surface area contributed by atoms with Crippen LogP contribution in [0.15, 0.2) is 24.3 Å². The highest BCUT2D eigenvalue weighted by molar-refractivity contribution is 5.27. The summed E-state index contributed by atoms with van der Waals surface area (Å²) in [4.78, 5) is 0. The average molecular weight is 240 g/mol. The van der Waals surface area contributed by atoms with Crippen molar-refractivity contribution >= 4 is 0 Å². The zero-order chi connectivity index (χ0) is 12.3. The summed E-state index contributed by atoms with van der Waals surface area (Å²) >= 11 is 0. The van der Waals surface area contributed by atoms with Crippen LogP contribution in [0.5, 0.6) is 0 Å². The van der Waals surface area contributed by atoms with Crippen LogP contribution in [0.2, 0.25) is 0 Å². The van der Waals surface area contributed by atoms with E-state index < -0.39 is 6.43 Å². The number of hydrogen-bond donors (Lipinski definition) is 2. The molecule has 0 heterocycles. The van der Waals surface area contributed by atoms with Crippen molar-refractivity contribution in [3.63, 3.8) is 0 Å². The molecule has 94 valence electrons. The second-order valence-corrected chi connectivity index (χ2v) is 4.61. The summed E-state index contributed by atoms with van der Waals surface area (Å²) < 4.78 is 25.2. The van der Waals surface area contributed by atoms with E-state index in [1.165, 1.54) is 18.9 Å². The van der Waals surface area contributed by atoms with Crippen LogP contribution in [0.1, 0.15) is 36.4 Å². The summed E-state index contributed by atoms with van der Waals surface area (Å²) in [6.07, 6.45) is 0.111. The summed E-state index contributed by atoms with van der Waals surface area (Å²) in [5, 5.41) is 3.34. The smallest absolute Gasteiger partial charge is 0.263 e. The van der Waals surface area contributed by atoms with Gasteiger partial charge in [0.15, 0.2) is 0 Å². The molecule has 1 aliphatic carbocycles. The Labute approximate surface area is 100 Å². The van der Waals surface area contributed by atoms with Crippen molar-refractivity contribution in [1.29, 1.82) is 0 Å². The van der Waals surface area contributed by atoms with Crippen LogP contribution in [-0.4, -0.2) is 13.1 Å². The van der Waals surface area contributed by atoms with Gasteiger partial charge in [-0.2, -0.15) is 0 Å². The monoisotopic (exact) mass is 240 g/mol. The Kier molecular flexibility index (Phi) is 4.07. The van der Waals surface area contributed by atoms with E-state index in [0.717, 1.165) is 18.0 Å². The highest BCUT2D eigenvalue weighted by Gasteiger charge is 2.22. The standard InChI is InChI=1S/C13H18F2N2/c14-13(15)11-3-1-2-10(6-11)12(7-16)17-8-9-4-5-9/h1-3,6,9,12-13,17H,4-5,7-8,16H2. The maximum Gasteiger partial charge on any atom is 0.263 e. The Balaban J connectivity index is 2.03. The molecule has 1 aromatic rings. The number of halogens is 2. The molecule has 0 spiro atoms. The minimum atomic E-state index is -2.42. The molecule has 1 saturated carbocycles. The van der Waals surface area contributed by atoms with Crippen molar-refractivity contribution in [2.45, 2.75) is 25.3 Å². The predicted octanol–water partition coefficient (Wildman–Crippen LogP) is 2.62. The van der Waals surface area contributed by atoms with Crippen LogP contribution >= 0.6 is 0 Å². The first-order valence-electron chi connectivity index (χ1n) is 6.02. The average Bonchev–Trinajstić information content (AvgIpc) is 3.14. The first-order chi connectivity index (χ1) is 8.20. The molecule has 0 saturated heterocycles. The number of hydrogen-bond acceptors (Lipinski definition) is 2. The van der Waals surface area contributed by atoms with E-state index in [2.05, 4.69) is 5.32 Å². The van der Waals surface area contributed by atoms with Gasteiger partial charge in [0.25, 0.3) is 6.43 Å². The van der Waals surface area contributed by atoms with Gasteiger partial charge in [-0.1, -0.05) is 18.2 Å². The minimum absolute atomic E-state index is 0.0192. The molecule has 1 aromatic carbocycles. The Bertz CT molecular complexity index is 364. The third kappa shape index (κ3) is 3.48.